The lowest BCUT2D eigenvalue weighted by Gasteiger charge is -2.31. The lowest BCUT2D eigenvalue weighted by Crippen LogP contribution is -2.39. The molecule has 6 heteroatoms. The van der Waals surface area contributed by atoms with E-state index in [1.807, 2.05) is 19.9 Å². The van der Waals surface area contributed by atoms with Crippen LogP contribution in [0.1, 0.15) is 25.6 Å². The monoisotopic (exact) mass is 263 g/mol. The summed E-state index contributed by atoms with van der Waals surface area (Å²) in [5, 5.41) is 3.20. The molecule has 3 N–H and O–H groups in total. The first-order valence-corrected chi connectivity index (χ1v) is 6.74. The summed E-state index contributed by atoms with van der Waals surface area (Å²) in [5.41, 5.74) is 5.35. The van der Waals surface area contributed by atoms with E-state index in [1.165, 1.54) is 0 Å². The first-order valence-electron chi connectivity index (χ1n) is 6.74. The number of hydrogen-bond donors (Lipinski definition) is 2. The average molecular weight is 263 g/mol. The van der Waals surface area contributed by atoms with Crippen molar-refractivity contribution in [2.24, 2.45) is 11.7 Å². The zero-order valence-electron chi connectivity index (χ0n) is 11.5. The van der Waals surface area contributed by atoms with Crippen molar-refractivity contribution >= 4 is 17.5 Å². The van der Waals surface area contributed by atoms with Gasteiger partial charge in [0.2, 0.25) is 5.91 Å². The summed E-state index contributed by atoms with van der Waals surface area (Å²) in [5.74, 6) is 2.35. The van der Waals surface area contributed by atoms with E-state index in [4.69, 9.17) is 5.73 Å². The minimum atomic E-state index is -0.188. The van der Waals surface area contributed by atoms with E-state index >= 15 is 0 Å². The number of anilines is 2. The van der Waals surface area contributed by atoms with Gasteiger partial charge in [0.15, 0.2) is 0 Å². The molecule has 1 aliphatic rings. The number of nitrogens with one attached hydrogen (secondary N) is 1. The molecule has 1 aliphatic heterocycles. The van der Waals surface area contributed by atoms with Crippen molar-refractivity contribution in [2.75, 3.05) is 29.9 Å². The fraction of sp³-hybridized carbons (Fsp3) is 0.615. The van der Waals surface area contributed by atoms with Crippen molar-refractivity contribution in [1.82, 2.24) is 9.97 Å². The summed E-state index contributed by atoms with van der Waals surface area (Å²) in [6.45, 7) is 6.39. The predicted molar refractivity (Wildman–Crippen MR) is 75.1 cm³/mol. The van der Waals surface area contributed by atoms with Crippen molar-refractivity contribution in [1.29, 1.82) is 0 Å². The summed E-state index contributed by atoms with van der Waals surface area (Å²) >= 11 is 0. The maximum absolute atomic E-state index is 11.2. The quantitative estimate of drug-likeness (QED) is 0.844. The van der Waals surface area contributed by atoms with Gasteiger partial charge in [0.25, 0.3) is 0 Å². The Morgan fingerprint density at radius 2 is 2.16 bits per heavy atom. The molecule has 0 unspecified atom stereocenters. The Morgan fingerprint density at radius 1 is 1.47 bits per heavy atom. The first kappa shape index (κ1) is 13.6. The number of carbonyl (C=O) groups excluding carboxylic acids is 1. The van der Waals surface area contributed by atoms with Crippen molar-refractivity contribution in [3.05, 3.63) is 11.9 Å². The maximum Gasteiger partial charge on any atom is 0.220 e. The summed E-state index contributed by atoms with van der Waals surface area (Å²) in [6.07, 6.45) is 1.60. The van der Waals surface area contributed by atoms with E-state index in [2.05, 4.69) is 20.2 Å². The molecule has 0 saturated carbocycles. The Hall–Kier alpha value is -1.85. The summed E-state index contributed by atoms with van der Waals surface area (Å²) in [6, 6.07) is 1.96. The lowest BCUT2D eigenvalue weighted by molar-refractivity contribution is -0.122. The fourth-order valence-electron chi connectivity index (χ4n) is 2.38. The molecule has 19 heavy (non-hydrogen) atoms. The van der Waals surface area contributed by atoms with Crippen LogP contribution in [0.3, 0.4) is 0 Å². The molecule has 1 saturated heterocycles. The molecule has 1 aromatic rings. The van der Waals surface area contributed by atoms with Gasteiger partial charge in [-0.1, -0.05) is 0 Å². The van der Waals surface area contributed by atoms with Crippen molar-refractivity contribution in [3.8, 4) is 0 Å². The average Bonchev–Trinajstić information content (AvgIpc) is 2.38. The fourth-order valence-corrected chi connectivity index (χ4v) is 2.38. The molecule has 1 aromatic heterocycles. The van der Waals surface area contributed by atoms with Crippen molar-refractivity contribution in [2.45, 2.75) is 26.7 Å². The van der Waals surface area contributed by atoms with Crippen LogP contribution < -0.4 is 16.0 Å². The van der Waals surface area contributed by atoms with Crippen LogP contribution in [0.5, 0.6) is 0 Å². The largest absolute Gasteiger partial charge is 0.370 e. The number of amides is 1. The van der Waals surface area contributed by atoms with Gasteiger partial charge in [-0.3, -0.25) is 4.79 Å². The topological polar surface area (TPSA) is 84.1 Å². The lowest BCUT2D eigenvalue weighted by atomic mass is 9.96. The Labute approximate surface area is 113 Å². The molecule has 0 aliphatic carbocycles. The van der Waals surface area contributed by atoms with E-state index in [9.17, 15) is 4.79 Å². The number of hydrogen-bond acceptors (Lipinski definition) is 5. The van der Waals surface area contributed by atoms with Crippen LogP contribution in [0.15, 0.2) is 6.07 Å². The molecule has 1 fully saturated rings. The van der Waals surface area contributed by atoms with Crippen LogP contribution in [0.2, 0.25) is 0 Å². The number of piperidine rings is 1. The number of aromatic nitrogens is 2. The van der Waals surface area contributed by atoms with Crippen LogP contribution in [-0.2, 0) is 4.79 Å². The third kappa shape index (κ3) is 3.33. The van der Waals surface area contributed by atoms with Crippen LogP contribution in [-0.4, -0.2) is 35.5 Å². The van der Waals surface area contributed by atoms with Gasteiger partial charge < -0.3 is 16.0 Å². The molecule has 0 bridgehead atoms. The molecule has 2 rings (SSSR count). The molecule has 2 heterocycles. The normalized spacial score (nSPS) is 16.4. The Balaban J connectivity index is 2.08. The highest BCUT2D eigenvalue weighted by molar-refractivity contribution is 5.77. The van der Waals surface area contributed by atoms with Gasteiger partial charge >= 0.3 is 0 Å². The van der Waals surface area contributed by atoms with E-state index < -0.39 is 0 Å². The van der Waals surface area contributed by atoms with Gasteiger partial charge in [0.05, 0.1) is 0 Å². The van der Waals surface area contributed by atoms with Crippen LogP contribution in [0, 0.1) is 12.8 Å². The third-order valence-corrected chi connectivity index (χ3v) is 3.40. The van der Waals surface area contributed by atoms with E-state index in [0.717, 1.165) is 49.9 Å². The van der Waals surface area contributed by atoms with E-state index in [0.29, 0.717) is 0 Å². The van der Waals surface area contributed by atoms with Gasteiger partial charge in [-0.25, -0.2) is 9.97 Å². The highest BCUT2D eigenvalue weighted by Gasteiger charge is 2.24. The van der Waals surface area contributed by atoms with Crippen LogP contribution in [0.4, 0.5) is 11.6 Å². The van der Waals surface area contributed by atoms with Gasteiger partial charge in [-0.05, 0) is 26.7 Å². The van der Waals surface area contributed by atoms with Crippen molar-refractivity contribution in [3.63, 3.8) is 0 Å². The Kier molecular flexibility index (Phi) is 4.19. The molecule has 0 spiro atoms. The zero-order valence-corrected chi connectivity index (χ0v) is 11.5. The highest BCUT2D eigenvalue weighted by Crippen LogP contribution is 2.23. The molecule has 104 valence electrons. The number of nitrogens with two attached hydrogens (primary N) is 1. The van der Waals surface area contributed by atoms with Gasteiger partial charge in [-0.2, -0.15) is 0 Å². The maximum atomic E-state index is 11.2. The van der Waals surface area contributed by atoms with Gasteiger partial charge in [0, 0.05) is 31.6 Å². The van der Waals surface area contributed by atoms with Crippen LogP contribution in [0.25, 0.3) is 0 Å². The first-order chi connectivity index (χ1) is 9.10. The number of aryl methyl sites for hydroxylation is 1. The minimum Gasteiger partial charge on any atom is -0.370 e. The minimum absolute atomic E-state index is 0.00687. The standard InChI is InChI=1S/C13H21N5O/c1-3-15-11-8-12(17-9(2)16-11)18-6-4-10(5-7-18)13(14)19/h8,10H,3-7H2,1-2H3,(H2,14,19)(H,15,16,17). The summed E-state index contributed by atoms with van der Waals surface area (Å²) in [7, 11) is 0. The Morgan fingerprint density at radius 3 is 2.74 bits per heavy atom. The zero-order chi connectivity index (χ0) is 13.8. The molecule has 6 nitrogen and oxygen atoms in total. The molecular formula is C13H21N5O. The number of rotatable bonds is 4. The second-order valence-electron chi connectivity index (χ2n) is 4.85. The van der Waals surface area contributed by atoms with Gasteiger partial charge in [0.1, 0.15) is 17.5 Å². The predicted octanol–water partition coefficient (Wildman–Crippen LogP) is 0.919. The van der Waals surface area contributed by atoms with Gasteiger partial charge in [-0.15, -0.1) is 0 Å². The molecular weight excluding hydrogens is 242 g/mol. The van der Waals surface area contributed by atoms with Crippen LogP contribution >= 0.6 is 0 Å². The van der Waals surface area contributed by atoms with Crippen molar-refractivity contribution < 1.29 is 4.79 Å². The number of nitrogens with zero attached hydrogens (tertiary/aromatic N) is 3. The molecule has 0 radical (unpaired) electrons. The summed E-state index contributed by atoms with van der Waals surface area (Å²) in [4.78, 5) is 22.2. The molecule has 1 amide bonds. The highest BCUT2D eigenvalue weighted by atomic mass is 16.1. The third-order valence-electron chi connectivity index (χ3n) is 3.40. The Bertz CT molecular complexity index is 454. The summed E-state index contributed by atoms with van der Waals surface area (Å²) < 4.78 is 0. The van der Waals surface area contributed by atoms with E-state index in [1.54, 1.807) is 0 Å². The second kappa shape index (κ2) is 5.86. The smallest absolute Gasteiger partial charge is 0.220 e. The number of carbonyl (C=O) groups is 1. The van der Waals surface area contributed by atoms with E-state index in [-0.39, 0.29) is 11.8 Å². The molecule has 0 aromatic carbocycles. The second-order valence-corrected chi connectivity index (χ2v) is 4.85. The SMILES string of the molecule is CCNc1cc(N2CCC(C(N)=O)CC2)nc(C)n1. The molecule has 0 atom stereocenters. The number of primary amides is 1.